The van der Waals surface area contributed by atoms with Crippen molar-refractivity contribution < 1.29 is 0 Å². The summed E-state index contributed by atoms with van der Waals surface area (Å²) in [6.07, 6.45) is 13.3. The van der Waals surface area contributed by atoms with Crippen LogP contribution in [0.25, 0.3) is 18.2 Å². The van der Waals surface area contributed by atoms with Crippen molar-refractivity contribution in [3.63, 3.8) is 0 Å². The van der Waals surface area contributed by atoms with Crippen LogP contribution in [0.5, 0.6) is 0 Å². The Morgan fingerprint density at radius 1 is 1.16 bits per heavy atom. The third-order valence-corrected chi connectivity index (χ3v) is 6.85. The summed E-state index contributed by atoms with van der Waals surface area (Å²) in [5.74, 6) is 2.47. The average molecular weight is 465 g/mol. The first kappa shape index (κ1) is 20.8. The molecule has 0 aromatic carbocycles. The second-order valence-corrected chi connectivity index (χ2v) is 9.67. The van der Waals surface area contributed by atoms with E-state index in [2.05, 4.69) is 59.8 Å². The van der Waals surface area contributed by atoms with Crippen LogP contribution in [0.1, 0.15) is 27.7 Å². The number of nitrogens with two attached hydrogens (primary N) is 1. The molecule has 0 saturated carbocycles. The highest BCUT2D eigenvalue weighted by atomic mass is 32.1. The number of nitrogen functional groups attached to an aromatic ring is 1. The summed E-state index contributed by atoms with van der Waals surface area (Å²) in [5, 5.41) is 8.12. The molecule has 10 heteroatoms. The Morgan fingerprint density at radius 3 is 2.91 bits per heavy atom. The summed E-state index contributed by atoms with van der Waals surface area (Å²) in [7, 11) is 0. The number of aromatic nitrogens is 4. The van der Waals surface area contributed by atoms with Gasteiger partial charge in [0.2, 0.25) is 0 Å². The maximum Gasteiger partial charge on any atom is 0.188 e. The van der Waals surface area contributed by atoms with E-state index in [1.54, 1.807) is 11.3 Å². The molecular formula is C22H24N8S2. The van der Waals surface area contributed by atoms with Gasteiger partial charge in [-0.1, -0.05) is 34.8 Å². The Morgan fingerprint density at radius 2 is 2.03 bits per heavy atom. The van der Waals surface area contributed by atoms with Crippen molar-refractivity contribution in [1.29, 1.82) is 0 Å². The van der Waals surface area contributed by atoms with E-state index < -0.39 is 0 Å². The van der Waals surface area contributed by atoms with Crippen LogP contribution in [-0.4, -0.2) is 46.1 Å². The summed E-state index contributed by atoms with van der Waals surface area (Å²) < 4.78 is 0. The topological polar surface area (TPSA) is 105 Å². The molecule has 32 heavy (non-hydrogen) atoms. The van der Waals surface area contributed by atoms with Gasteiger partial charge in [-0.2, -0.15) is 0 Å². The molecule has 3 aromatic rings. The molecule has 1 aliphatic carbocycles. The monoisotopic (exact) mass is 464 g/mol. The maximum absolute atomic E-state index is 5.85. The van der Waals surface area contributed by atoms with E-state index in [0.29, 0.717) is 5.13 Å². The molecular weight excluding hydrogens is 440 g/mol. The minimum absolute atomic E-state index is 0.597. The van der Waals surface area contributed by atoms with Crippen molar-refractivity contribution in [2.45, 2.75) is 13.3 Å². The predicted octanol–water partition coefficient (Wildman–Crippen LogP) is 3.95. The van der Waals surface area contributed by atoms with Crippen molar-refractivity contribution in [2.24, 2.45) is 0 Å². The molecule has 0 atom stereocenters. The number of nitrogens with one attached hydrogen (secondary N) is 2. The first-order chi connectivity index (χ1) is 15.6. The van der Waals surface area contributed by atoms with Gasteiger partial charge in [-0.05, 0) is 37.1 Å². The molecule has 1 saturated heterocycles. The first-order valence-corrected chi connectivity index (χ1v) is 12.1. The number of piperazine rings is 1. The van der Waals surface area contributed by atoms with Gasteiger partial charge in [0.1, 0.15) is 17.5 Å². The SMILES string of the molecule is Cc1nc(Nc2ncc(/C=C/C3=Cc4sc(N)nc4C=CC3)s2)cc(N2CCNCC2)n1. The summed E-state index contributed by atoms with van der Waals surface area (Å²) >= 11 is 3.10. The van der Waals surface area contributed by atoms with Gasteiger partial charge in [-0.15, -0.1) is 0 Å². The molecule has 1 aliphatic heterocycles. The van der Waals surface area contributed by atoms with Crippen LogP contribution in [0.3, 0.4) is 0 Å². The van der Waals surface area contributed by atoms with Gasteiger partial charge in [0.25, 0.3) is 0 Å². The van der Waals surface area contributed by atoms with E-state index in [0.717, 1.165) is 70.6 Å². The molecule has 0 unspecified atom stereocenters. The van der Waals surface area contributed by atoms with E-state index in [1.165, 1.54) is 16.9 Å². The lowest BCUT2D eigenvalue weighted by molar-refractivity contribution is 0.584. The zero-order valence-electron chi connectivity index (χ0n) is 17.7. The Hall–Kier alpha value is -3.08. The fraction of sp³-hybridized carbons (Fsp3) is 0.273. The molecule has 2 aliphatic rings. The molecule has 5 rings (SSSR count). The van der Waals surface area contributed by atoms with Gasteiger partial charge < -0.3 is 21.3 Å². The quantitative estimate of drug-likeness (QED) is 0.521. The fourth-order valence-electron chi connectivity index (χ4n) is 3.63. The summed E-state index contributed by atoms with van der Waals surface area (Å²) in [6.45, 7) is 5.76. The largest absolute Gasteiger partial charge is 0.375 e. The van der Waals surface area contributed by atoms with E-state index in [-0.39, 0.29) is 0 Å². The normalized spacial score (nSPS) is 16.2. The molecule has 1 fully saturated rings. The Kier molecular flexibility index (Phi) is 5.97. The summed E-state index contributed by atoms with van der Waals surface area (Å²) in [5.41, 5.74) is 8.00. The molecule has 3 aromatic heterocycles. The van der Waals surface area contributed by atoms with Crippen LogP contribution in [0, 0.1) is 6.92 Å². The highest BCUT2D eigenvalue weighted by Crippen LogP contribution is 2.29. The lowest BCUT2D eigenvalue weighted by Crippen LogP contribution is -2.44. The zero-order valence-corrected chi connectivity index (χ0v) is 19.3. The third kappa shape index (κ3) is 4.87. The predicted molar refractivity (Wildman–Crippen MR) is 134 cm³/mol. The zero-order chi connectivity index (χ0) is 21.9. The number of anilines is 4. The average Bonchev–Trinajstić information content (AvgIpc) is 3.32. The van der Waals surface area contributed by atoms with Crippen LogP contribution in [0.15, 0.2) is 30.0 Å². The molecule has 4 N–H and O–H groups in total. The molecule has 4 heterocycles. The smallest absolute Gasteiger partial charge is 0.188 e. The summed E-state index contributed by atoms with van der Waals surface area (Å²) in [6, 6.07) is 2.00. The second-order valence-electron chi connectivity index (χ2n) is 7.55. The Labute approximate surface area is 194 Å². The lowest BCUT2D eigenvalue weighted by Gasteiger charge is -2.28. The fourth-order valence-corrected chi connectivity index (χ4v) is 5.15. The molecule has 0 spiro atoms. The maximum atomic E-state index is 5.85. The number of nitrogens with zero attached hydrogens (tertiary/aromatic N) is 5. The summed E-state index contributed by atoms with van der Waals surface area (Å²) in [4.78, 5) is 22.5. The van der Waals surface area contributed by atoms with Crippen molar-refractivity contribution in [3.05, 3.63) is 51.3 Å². The first-order valence-electron chi connectivity index (χ1n) is 10.5. The van der Waals surface area contributed by atoms with Crippen molar-refractivity contribution in [3.8, 4) is 0 Å². The van der Waals surface area contributed by atoms with Gasteiger partial charge in [0.15, 0.2) is 10.3 Å². The van der Waals surface area contributed by atoms with Gasteiger partial charge in [-0.25, -0.2) is 19.9 Å². The van der Waals surface area contributed by atoms with Crippen molar-refractivity contribution >= 4 is 62.8 Å². The minimum atomic E-state index is 0.597. The van der Waals surface area contributed by atoms with Crippen molar-refractivity contribution in [2.75, 3.05) is 42.1 Å². The van der Waals surface area contributed by atoms with Crippen LogP contribution >= 0.6 is 22.7 Å². The van der Waals surface area contributed by atoms with Gasteiger partial charge >= 0.3 is 0 Å². The van der Waals surface area contributed by atoms with E-state index in [1.807, 2.05) is 25.3 Å². The van der Waals surface area contributed by atoms with Crippen LogP contribution in [0.4, 0.5) is 21.9 Å². The van der Waals surface area contributed by atoms with E-state index in [9.17, 15) is 0 Å². The van der Waals surface area contributed by atoms with Gasteiger partial charge in [0.05, 0.1) is 10.6 Å². The van der Waals surface area contributed by atoms with Crippen LogP contribution in [-0.2, 0) is 0 Å². The number of rotatable bonds is 5. The Balaban J connectivity index is 1.29. The standard InChI is InChI=1S/C22H24N8S2/c1-14-26-19(12-20(27-14)30-9-7-24-8-10-30)29-22-25-13-16(31-22)6-5-15-3-2-4-17-18(11-15)32-21(23)28-17/h2,4-6,11-13,24H,3,7-10H2,1H3,(H2,23,28)(H,25,26,27,29)/b6-5+. The number of thiazole rings is 2. The van der Waals surface area contributed by atoms with E-state index in [4.69, 9.17) is 5.73 Å². The highest BCUT2D eigenvalue weighted by molar-refractivity contribution is 7.16. The number of fused-ring (bicyclic) bond motifs is 1. The number of allylic oxidation sites excluding steroid dienone is 3. The van der Waals surface area contributed by atoms with Gasteiger partial charge in [0, 0.05) is 43.3 Å². The van der Waals surface area contributed by atoms with Crippen LogP contribution < -0.4 is 21.3 Å². The number of hydrogen-bond donors (Lipinski definition) is 3. The molecule has 0 radical (unpaired) electrons. The van der Waals surface area contributed by atoms with Crippen LogP contribution in [0.2, 0.25) is 0 Å². The number of aryl methyl sites for hydroxylation is 1. The van der Waals surface area contributed by atoms with Gasteiger partial charge in [-0.3, -0.25) is 0 Å². The van der Waals surface area contributed by atoms with Crippen molar-refractivity contribution in [1.82, 2.24) is 25.3 Å². The molecule has 0 amide bonds. The third-order valence-electron chi connectivity index (χ3n) is 5.13. The minimum Gasteiger partial charge on any atom is -0.375 e. The number of hydrogen-bond acceptors (Lipinski definition) is 10. The Bertz CT molecular complexity index is 1200. The molecule has 164 valence electrons. The molecule has 0 bridgehead atoms. The molecule has 8 nitrogen and oxygen atoms in total. The highest BCUT2D eigenvalue weighted by Gasteiger charge is 2.14. The second kappa shape index (κ2) is 9.19. The van der Waals surface area contributed by atoms with E-state index >= 15 is 0 Å². The lowest BCUT2D eigenvalue weighted by atomic mass is 10.1.